The molecule has 0 aromatic rings. The minimum Gasteiger partial charge on any atom is -0.471 e. The van der Waals surface area contributed by atoms with Crippen molar-refractivity contribution in [2.24, 2.45) is 5.73 Å². The lowest BCUT2D eigenvalue weighted by Gasteiger charge is -2.42. The molecule has 0 bridgehead atoms. The molecule has 0 unspecified atom stereocenters. The number of allylic oxidation sites excluding steroid dienone is 1. The van der Waals surface area contributed by atoms with Crippen molar-refractivity contribution in [3.05, 3.63) is 12.3 Å². The van der Waals surface area contributed by atoms with Gasteiger partial charge in [0, 0.05) is 6.61 Å². The number of unbranched alkanes of at least 4 members (excludes halogenated alkanes) is 7. The van der Waals surface area contributed by atoms with E-state index in [0.29, 0.717) is 6.61 Å². The van der Waals surface area contributed by atoms with Crippen LogP contribution in [0.15, 0.2) is 12.3 Å². The average molecular weight is 360 g/mol. The second kappa shape index (κ2) is 13.5. The van der Waals surface area contributed by atoms with E-state index in [0.717, 1.165) is 12.8 Å². The summed E-state index contributed by atoms with van der Waals surface area (Å²) in [5, 5.41) is 19.7. The highest BCUT2D eigenvalue weighted by Gasteiger charge is 2.44. The highest BCUT2D eigenvalue weighted by molar-refractivity contribution is 4.93. The van der Waals surface area contributed by atoms with Crippen LogP contribution in [0.3, 0.4) is 0 Å². The van der Waals surface area contributed by atoms with Crippen molar-refractivity contribution in [2.45, 2.75) is 95.9 Å². The summed E-state index contributed by atoms with van der Waals surface area (Å²) in [6, 6.07) is -0.608. The Bertz CT molecular complexity index is 353. The first-order valence-electron chi connectivity index (χ1n) is 9.73. The zero-order valence-corrected chi connectivity index (χ0v) is 15.8. The molecule has 6 nitrogen and oxygen atoms in total. The van der Waals surface area contributed by atoms with Crippen LogP contribution in [-0.4, -0.2) is 54.1 Å². The summed E-state index contributed by atoms with van der Waals surface area (Å²) < 4.78 is 16.7. The first-order valence-corrected chi connectivity index (χ1v) is 9.73. The number of aliphatic hydroxyl groups excluding tert-OH is 2. The zero-order chi connectivity index (χ0) is 18.5. The van der Waals surface area contributed by atoms with Crippen LogP contribution in [0.4, 0.5) is 0 Å². The van der Waals surface area contributed by atoms with Crippen LogP contribution in [0.5, 0.6) is 0 Å². The van der Waals surface area contributed by atoms with Gasteiger partial charge in [-0.05, 0) is 13.3 Å². The van der Waals surface area contributed by atoms with Gasteiger partial charge < -0.3 is 30.2 Å². The predicted octanol–water partition coefficient (Wildman–Crippen LogP) is 2.47. The van der Waals surface area contributed by atoms with Crippen molar-refractivity contribution in [1.29, 1.82) is 0 Å². The van der Waals surface area contributed by atoms with Gasteiger partial charge in [0.05, 0.1) is 18.9 Å². The molecule has 5 atom stereocenters. The zero-order valence-electron chi connectivity index (χ0n) is 15.8. The topological polar surface area (TPSA) is 94.2 Å². The maximum Gasteiger partial charge on any atom is 0.217 e. The molecule has 0 spiro atoms. The van der Waals surface area contributed by atoms with Gasteiger partial charge in [0.25, 0.3) is 0 Å². The van der Waals surface area contributed by atoms with Crippen molar-refractivity contribution in [3.63, 3.8) is 0 Å². The van der Waals surface area contributed by atoms with E-state index in [1.54, 1.807) is 6.08 Å². The van der Waals surface area contributed by atoms with Crippen LogP contribution < -0.4 is 5.73 Å². The standard InChI is InChI=1S/C19H37NO5/c1-3-5-6-7-8-9-10-11-13-23-18-16(20)19(24-12-4-2)25-15(14-21)17(18)22/h4,12,15-19,21-22H,3,5-11,13-14,20H2,1-2H3/b12-4-/t15-,16-,17-,18-,19+/m1/s1. The van der Waals surface area contributed by atoms with E-state index in [1.165, 1.54) is 44.8 Å². The third-order valence-corrected chi connectivity index (χ3v) is 4.56. The molecule has 1 heterocycles. The number of hydrogen-bond donors (Lipinski definition) is 3. The maximum atomic E-state index is 10.3. The molecule has 1 aliphatic rings. The molecule has 0 amide bonds. The molecule has 0 radical (unpaired) electrons. The summed E-state index contributed by atoms with van der Waals surface area (Å²) in [4.78, 5) is 0. The summed E-state index contributed by atoms with van der Waals surface area (Å²) in [6.07, 6.45) is 9.93. The highest BCUT2D eigenvalue weighted by atomic mass is 16.7. The fourth-order valence-electron chi connectivity index (χ4n) is 3.03. The number of nitrogens with two attached hydrogens (primary N) is 1. The Morgan fingerprint density at radius 2 is 1.72 bits per heavy atom. The van der Waals surface area contributed by atoms with E-state index >= 15 is 0 Å². The van der Waals surface area contributed by atoms with Gasteiger partial charge in [-0.3, -0.25) is 0 Å². The molecular formula is C19H37NO5. The molecule has 1 fully saturated rings. The summed E-state index contributed by atoms with van der Waals surface area (Å²) in [5.41, 5.74) is 6.13. The summed E-state index contributed by atoms with van der Waals surface area (Å²) in [7, 11) is 0. The van der Waals surface area contributed by atoms with Crippen molar-refractivity contribution in [3.8, 4) is 0 Å². The first-order chi connectivity index (χ1) is 12.2. The van der Waals surface area contributed by atoms with Crippen molar-refractivity contribution in [2.75, 3.05) is 13.2 Å². The van der Waals surface area contributed by atoms with E-state index in [-0.39, 0.29) is 6.61 Å². The number of ether oxygens (including phenoxy) is 3. The molecule has 4 N–H and O–H groups in total. The fraction of sp³-hybridized carbons (Fsp3) is 0.895. The third-order valence-electron chi connectivity index (χ3n) is 4.56. The molecule has 0 aromatic carbocycles. The van der Waals surface area contributed by atoms with Crippen LogP contribution in [0.2, 0.25) is 0 Å². The number of hydrogen-bond acceptors (Lipinski definition) is 6. The Kier molecular flexibility index (Phi) is 12.1. The van der Waals surface area contributed by atoms with E-state index in [1.807, 2.05) is 6.92 Å². The Hall–Kier alpha value is -0.660. The van der Waals surface area contributed by atoms with Crippen molar-refractivity contribution >= 4 is 0 Å². The lowest BCUT2D eigenvalue weighted by molar-refractivity contribution is -0.258. The molecule has 1 saturated heterocycles. The first kappa shape index (κ1) is 22.4. The van der Waals surface area contributed by atoms with Gasteiger partial charge >= 0.3 is 0 Å². The quantitative estimate of drug-likeness (QED) is 0.345. The third kappa shape index (κ3) is 8.05. The van der Waals surface area contributed by atoms with Gasteiger partial charge in [-0.2, -0.15) is 0 Å². The minimum absolute atomic E-state index is 0.304. The summed E-state index contributed by atoms with van der Waals surface area (Å²) in [5.74, 6) is 0. The Morgan fingerprint density at radius 3 is 2.32 bits per heavy atom. The molecule has 1 rings (SSSR count). The Labute approximate surface area is 152 Å². The average Bonchev–Trinajstić information content (AvgIpc) is 2.62. The lowest BCUT2D eigenvalue weighted by Crippen LogP contribution is -2.63. The summed E-state index contributed by atoms with van der Waals surface area (Å²) >= 11 is 0. The lowest BCUT2D eigenvalue weighted by atomic mass is 9.97. The normalized spacial score (nSPS) is 30.0. The second-order valence-corrected chi connectivity index (χ2v) is 6.71. The Balaban J connectivity index is 2.30. The largest absolute Gasteiger partial charge is 0.471 e. The van der Waals surface area contributed by atoms with E-state index in [4.69, 9.17) is 19.9 Å². The monoisotopic (exact) mass is 359 g/mol. The maximum absolute atomic E-state index is 10.3. The minimum atomic E-state index is -0.959. The smallest absolute Gasteiger partial charge is 0.217 e. The van der Waals surface area contributed by atoms with E-state index in [2.05, 4.69) is 6.92 Å². The van der Waals surface area contributed by atoms with Gasteiger partial charge in [0.1, 0.15) is 18.3 Å². The summed E-state index contributed by atoms with van der Waals surface area (Å²) in [6.45, 7) is 4.28. The molecule has 25 heavy (non-hydrogen) atoms. The number of rotatable bonds is 13. The second-order valence-electron chi connectivity index (χ2n) is 6.71. The molecular weight excluding hydrogens is 322 g/mol. The number of aliphatic hydroxyl groups is 2. The SMILES string of the molecule is C/C=C\O[C@H]1O[C@H](CO)[C@@H](O)[C@H](OCCCCCCCCCC)[C@H]1N. The van der Waals surface area contributed by atoms with Crippen LogP contribution in [-0.2, 0) is 14.2 Å². The van der Waals surface area contributed by atoms with Gasteiger partial charge in [-0.25, -0.2) is 0 Å². The Morgan fingerprint density at radius 1 is 1.08 bits per heavy atom. The molecule has 148 valence electrons. The van der Waals surface area contributed by atoms with Crippen LogP contribution in [0, 0.1) is 0 Å². The van der Waals surface area contributed by atoms with Crippen molar-refractivity contribution in [1.82, 2.24) is 0 Å². The van der Waals surface area contributed by atoms with Crippen LogP contribution in [0.1, 0.15) is 65.2 Å². The van der Waals surface area contributed by atoms with Gasteiger partial charge in [-0.1, -0.05) is 57.9 Å². The highest BCUT2D eigenvalue weighted by Crippen LogP contribution is 2.23. The van der Waals surface area contributed by atoms with Gasteiger partial charge in [0.2, 0.25) is 6.29 Å². The molecule has 6 heteroatoms. The molecule has 0 aromatic heterocycles. The van der Waals surface area contributed by atoms with Crippen molar-refractivity contribution < 1.29 is 24.4 Å². The van der Waals surface area contributed by atoms with E-state index < -0.39 is 30.6 Å². The van der Waals surface area contributed by atoms with E-state index in [9.17, 15) is 10.2 Å². The molecule has 0 aliphatic carbocycles. The van der Waals surface area contributed by atoms with Gasteiger partial charge in [-0.15, -0.1) is 0 Å². The van der Waals surface area contributed by atoms with Crippen LogP contribution >= 0.6 is 0 Å². The molecule has 1 aliphatic heterocycles. The predicted molar refractivity (Wildman–Crippen MR) is 98.0 cm³/mol. The van der Waals surface area contributed by atoms with Crippen LogP contribution in [0.25, 0.3) is 0 Å². The fourth-order valence-corrected chi connectivity index (χ4v) is 3.03. The molecule has 0 saturated carbocycles. The van der Waals surface area contributed by atoms with Gasteiger partial charge in [0.15, 0.2) is 0 Å².